The van der Waals surface area contributed by atoms with Gasteiger partial charge in [0.2, 0.25) is 5.85 Å². The quantitative estimate of drug-likeness (QED) is 0.483. The first-order valence-corrected chi connectivity index (χ1v) is 10.7. The lowest BCUT2D eigenvalue weighted by molar-refractivity contribution is 0.0281. The number of anilines is 2. The van der Waals surface area contributed by atoms with E-state index in [1.165, 1.54) is 6.07 Å². The first kappa shape index (κ1) is 21.1. The number of benzene rings is 2. The SMILES string of the molecule is COC1(C)Nc2ccc(-c3c(C)nnn3C)cc2N1C(c1ccccc1)c1ncccc1F. The van der Waals surface area contributed by atoms with Crippen LogP contribution in [0.1, 0.15) is 29.9 Å². The highest BCUT2D eigenvalue weighted by atomic mass is 19.1. The topological polar surface area (TPSA) is 68.1 Å². The Morgan fingerprint density at radius 3 is 2.55 bits per heavy atom. The smallest absolute Gasteiger partial charge is 0.216 e. The molecule has 0 bridgehead atoms. The molecule has 7 nitrogen and oxygen atoms in total. The van der Waals surface area contributed by atoms with Crippen molar-refractivity contribution in [2.24, 2.45) is 7.05 Å². The first-order chi connectivity index (χ1) is 15.9. The lowest BCUT2D eigenvalue weighted by atomic mass is 9.99. The van der Waals surface area contributed by atoms with Gasteiger partial charge in [-0.05, 0) is 36.8 Å². The summed E-state index contributed by atoms with van der Waals surface area (Å²) < 4.78 is 22.9. The zero-order valence-electron chi connectivity index (χ0n) is 19.0. The average molecular weight is 445 g/mol. The van der Waals surface area contributed by atoms with Crippen molar-refractivity contribution in [2.45, 2.75) is 25.7 Å². The molecular formula is C25H25FN6O. The molecule has 0 aliphatic carbocycles. The zero-order valence-corrected chi connectivity index (χ0v) is 19.0. The van der Waals surface area contributed by atoms with Crippen LogP contribution in [0.4, 0.5) is 15.8 Å². The van der Waals surface area contributed by atoms with Crippen LogP contribution in [0.25, 0.3) is 11.3 Å². The highest BCUT2D eigenvalue weighted by Gasteiger charge is 2.46. The second-order valence-electron chi connectivity index (χ2n) is 8.24. The summed E-state index contributed by atoms with van der Waals surface area (Å²) in [5, 5.41) is 11.8. The molecule has 2 unspecified atom stereocenters. The summed E-state index contributed by atoms with van der Waals surface area (Å²) in [4.78, 5) is 6.50. The maximum Gasteiger partial charge on any atom is 0.216 e. The number of nitrogens with one attached hydrogen (secondary N) is 1. The number of aryl methyl sites for hydroxylation is 2. The van der Waals surface area contributed by atoms with Crippen molar-refractivity contribution >= 4 is 11.4 Å². The highest BCUT2D eigenvalue weighted by molar-refractivity contribution is 5.83. The fourth-order valence-electron chi connectivity index (χ4n) is 4.58. The van der Waals surface area contributed by atoms with Gasteiger partial charge in [0.05, 0.1) is 22.8 Å². The van der Waals surface area contributed by atoms with Crippen LogP contribution in [0.3, 0.4) is 0 Å². The normalized spacial score (nSPS) is 18.2. The van der Waals surface area contributed by atoms with Crippen LogP contribution < -0.4 is 10.2 Å². The molecule has 8 heteroatoms. The van der Waals surface area contributed by atoms with Gasteiger partial charge in [0, 0.05) is 32.8 Å². The van der Waals surface area contributed by atoms with Gasteiger partial charge in [-0.25, -0.2) is 9.07 Å². The van der Waals surface area contributed by atoms with Crippen LogP contribution in [-0.2, 0) is 11.8 Å². The molecule has 1 N–H and O–H groups in total. The van der Waals surface area contributed by atoms with E-state index < -0.39 is 11.9 Å². The van der Waals surface area contributed by atoms with Gasteiger partial charge in [0.1, 0.15) is 17.6 Å². The summed E-state index contributed by atoms with van der Waals surface area (Å²) in [6.07, 6.45) is 1.62. The van der Waals surface area contributed by atoms with Crippen LogP contribution in [0.15, 0.2) is 66.9 Å². The molecule has 0 saturated carbocycles. The molecular weight excluding hydrogens is 419 g/mol. The number of nitrogens with zero attached hydrogens (tertiary/aromatic N) is 5. The summed E-state index contributed by atoms with van der Waals surface area (Å²) in [6.45, 7) is 3.86. The molecule has 0 spiro atoms. The number of fused-ring (bicyclic) bond motifs is 1. The third-order valence-corrected chi connectivity index (χ3v) is 6.17. The molecule has 2 aromatic carbocycles. The fraction of sp³-hybridized carbons (Fsp3) is 0.240. The molecule has 0 amide bonds. The van der Waals surface area contributed by atoms with Gasteiger partial charge < -0.3 is 15.0 Å². The Balaban J connectivity index is 1.74. The summed E-state index contributed by atoms with van der Waals surface area (Å²) in [6, 6.07) is 18.4. The van der Waals surface area contributed by atoms with Crippen molar-refractivity contribution in [3.63, 3.8) is 0 Å². The Labute approximate surface area is 191 Å². The molecule has 0 radical (unpaired) electrons. The van der Waals surface area contributed by atoms with Gasteiger partial charge in [0.25, 0.3) is 0 Å². The van der Waals surface area contributed by atoms with Crippen molar-refractivity contribution in [1.29, 1.82) is 0 Å². The minimum Gasteiger partial charge on any atom is -0.342 e. The standard InChI is InChI=1S/C25H25FN6O/c1-16-23(31(3)30-29-16)18-12-13-20-21(15-18)32(25(2,28-20)33-4)24(17-9-6-5-7-10-17)22-19(26)11-8-14-27-22/h5-15,24,28H,1-4H3. The maximum absolute atomic E-state index is 15.1. The number of pyridine rings is 1. The van der Waals surface area contributed by atoms with E-state index in [0.29, 0.717) is 5.69 Å². The Bertz CT molecular complexity index is 1290. The Morgan fingerprint density at radius 2 is 1.88 bits per heavy atom. The van der Waals surface area contributed by atoms with E-state index in [1.54, 1.807) is 24.1 Å². The van der Waals surface area contributed by atoms with Crippen molar-refractivity contribution in [2.75, 3.05) is 17.3 Å². The van der Waals surface area contributed by atoms with Gasteiger partial charge in [-0.2, -0.15) is 0 Å². The van der Waals surface area contributed by atoms with E-state index in [4.69, 9.17) is 4.74 Å². The number of halogens is 1. The van der Waals surface area contributed by atoms with E-state index in [1.807, 2.05) is 68.3 Å². The molecule has 33 heavy (non-hydrogen) atoms. The first-order valence-electron chi connectivity index (χ1n) is 10.7. The van der Waals surface area contributed by atoms with Crippen molar-refractivity contribution in [3.05, 3.63) is 89.6 Å². The number of ether oxygens (including phenoxy) is 1. The predicted octanol–water partition coefficient (Wildman–Crippen LogP) is 4.67. The molecule has 3 heterocycles. The van der Waals surface area contributed by atoms with Gasteiger partial charge in [-0.1, -0.05) is 41.6 Å². The minimum absolute atomic E-state index is 0.324. The molecule has 168 valence electrons. The Hall–Kier alpha value is -3.78. The molecule has 0 fully saturated rings. The summed E-state index contributed by atoms with van der Waals surface area (Å²) in [7, 11) is 3.51. The number of rotatable bonds is 5. The van der Waals surface area contributed by atoms with Crippen molar-refractivity contribution < 1.29 is 9.13 Å². The van der Waals surface area contributed by atoms with Crippen LogP contribution >= 0.6 is 0 Å². The second kappa shape index (κ2) is 7.97. The van der Waals surface area contributed by atoms with Crippen LogP contribution in [0.2, 0.25) is 0 Å². The third-order valence-electron chi connectivity index (χ3n) is 6.17. The van der Waals surface area contributed by atoms with E-state index in [0.717, 1.165) is 33.9 Å². The van der Waals surface area contributed by atoms with E-state index in [2.05, 4.69) is 26.7 Å². The monoisotopic (exact) mass is 444 g/mol. The van der Waals surface area contributed by atoms with Crippen LogP contribution in [0, 0.1) is 12.7 Å². The zero-order chi connectivity index (χ0) is 23.2. The number of methoxy groups -OCH3 is 1. The molecule has 2 aromatic heterocycles. The summed E-state index contributed by atoms with van der Waals surface area (Å²) in [5.41, 5.74) is 5.69. The van der Waals surface area contributed by atoms with E-state index in [-0.39, 0.29) is 5.82 Å². The highest BCUT2D eigenvalue weighted by Crippen LogP contribution is 2.48. The lowest BCUT2D eigenvalue weighted by Gasteiger charge is -2.41. The predicted molar refractivity (Wildman–Crippen MR) is 125 cm³/mol. The Morgan fingerprint density at radius 1 is 1.09 bits per heavy atom. The average Bonchev–Trinajstić information content (AvgIpc) is 3.31. The van der Waals surface area contributed by atoms with Gasteiger partial charge in [-0.3, -0.25) is 4.98 Å². The number of aromatic nitrogens is 4. The van der Waals surface area contributed by atoms with Crippen molar-refractivity contribution in [1.82, 2.24) is 20.0 Å². The third kappa shape index (κ3) is 3.43. The molecule has 1 aliphatic heterocycles. The van der Waals surface area contributed by atoms with E-state index in [9.17, 15) is 0 Å². The largest absolute Gasteiger partial charge is 0.342 e. The van der Waals surface area contributed by atoms with Crippen LogP contribution in [-0.4, -0.2) is 32.9 Å². The Kier molecular flexibility index (Phi) is 5.09. The van der Waals surface area contributed by atoms with Gasteiger partial charge in [-0.15, -0.1) is 5.10 Å². The maximum atomic E-state index is 15.1. The molecule has 5 rings (SSSR count). The molecule has 0 saturated heterocycles. The van der Waals surface area contributed by atoms with E-state index >= 15 is 4.39 Å². The molecule has 2 atom stereocenters. The molecule has 1 aliphatic rings. The number of hydrogen-bond donors (Lipinski definition) is 1. The van der Waals surface area contributed by atoms with Gasteiger partial charge >= 0.3 is 0 Å². The minimum atomic E-state index is -0.939. The van der Waals surface area contributed by atoms with Gasteiger partial charge in [0.15, 0.2) is 0 Å². The number of hydrogen-bond acceptors (Lipinski definition) is 6. The summed E-state index contributed by atoms with van der Waals surface area (Å²) in [5.74, 6) is -1.31. The fourth-order valence-corrected chi connectivity index (χ4v) is 4.58. The lowest BCUT2D eigenvalue weighted by Crippen LogP contribution is -2.52. The summed E-state index contributed by atoms with van der Waals surface area (Å²) >= 11 is 0. The van der Waals surface area contributed by atoms with Crippen LogP contribution in [0.5, 0.6) is 0 Å². The van der Waals surface area contributed by atoms with Crippen molar-refractivity contribution in [3.8, 4) is 11.3 Å². The molecule has 4 aromatic rings. The second-order valence-corrected chi connectivity index (χ2v) is 8.24.